The van der Waals surface area contributed by atoms with Crippen LogP contribution < -0.4 is 15.5 Å². The number of nitrogens with two attached hydrogens (primary N) is 1. The van der Waals surface area contributed by atoms with E-state index >= 15 is 0 Å². The van der Waals surface area contributed by atoms with E-state index in [0.29, 0.717) is 11.3 Å². The van der Waals surface area contributed by atoms with Gasteiger partial charge in [0.05, 0.1) is 17.3 Å². The molecule has 1 aromatic heterocycles. The number of carbonyl (C=O) groups excluding carboxylic acids is 2. The highest BCUT2D eigenvalue weighted by Gasteiger charge is 2.43. The van der Waals surface area contributed by atoms with Crippen molar-refractivity contribution in [3.8, 4) is 11.3 Å². The number of carbonyl (C=O) groups is 2. The van der Waals surface area contributed by atoms with Crippen LogP contribution >= 0.6 is 11.5 Å². The van der Waals surface area contributed by atoms with Crippen LogP contribution in [0.5, 0.6) is 0 Å². The van der Waals surface area contributed by atoms with E-state index in [9.17, 15) is 9.59 Å². The maximum absolute atomic E-state index is 13.8. The third-order valence-corrected chi connectivity index (χ3v) is 6.85. The standard InChI is InChI=1S/C23H23N5O2S/c1-2-27-19-5-3-4-17(19)23(30)28(21-12-15(22(24)29)8-11-20(21)27)16-9-6-14(7-10-16)18-13-31-26-25-18/h6-13,17,19H,2-5H2,1H3,(H2,24,29)/t17-,19+/m1/s1. The lowest BCUT2D eigenvalue weighted by Crippen LogP contribution is -2.41. The summed E-state index contributed by atoms with van der Waals surface area (Å²) in [5, 5.41) is 6.01. The molecule has 0 saturated heterocycles. The minimum Gasteiger partial charge on any atom is -0.366 e. The zero-order valence-corrected chi connectivity index (χ0v) is 18.0. The topological polar surface area (TPSA) is 92.4 Å². The average Bonchev–Trinajstić information content (AvgIpc) is 3.47. The summed E-state index contributed by atoms with van der Waals surface area (Å²) in [6.07, 6.45) is 2.90. The number of anilines is 3. The van der Waals surface area contributed by atoms with Gasteiger partial charge in [-0.1, -0.05) is 23.0 Å². The molecule has 2 N–H and O–H groups in total. The Morgan fingerprint density at radius 2 is 1.97 bits per heavy atom. The number of amides is 2. The molecule has 3 aromatic rings. The van der Waals surface area contributed by atoms with Crippen molar-refractivity contribution in [1.29, 1.82) is 0 Å². The van der Waals surface area contributed by atoms with Crippen LogP contribution in [0.15, 0.2) is 47.8 Å². The molecule has 2 aliphatic rings. The maximum Gasteiger partial charge on any atom is 0.248 e. The smallest absolute Gasteiger partial charge is 0.248 e. The number of hydrogen-bond acceptors (Lipinski definition) is 6. The van der Waals surface area contributed by atoms with E-state index in [1.807, 2.05) is 35.7 Å². The summed E-state index contributed by atoms with van der Waals surface area (Å²) in [7, 11) is 0. The number of rotatable bonds is 4. The Hall–Kier alpha value is -3.26. The molecule has 1 aliphatic heterocycles. The molecular formula is C23H23N5O2S. The largest absolute Gasteiger partial charge is 0.366 e. The highest BCUT2D eigenvalue weighted by molar-refractivity contribution is 7.03. The van der Waals surface area contributed by atoms with Gasteiger partial charge in [-0.05, 0) is 61.6 Å². The van der Waals surface area contributed by atoms with Crippen molar-refractivity contribution in [3.63, 3.8) is 0 Å². The fourth-order valence-corrected chi connectivity index (χ4v) is 5.37. The van der Waals surface area contributed by atoms with Gasteiger partial charge in [-0.3, -0.25) is 14.5 Å². The molecule has 7 nitrogen and oxygen atoms in total. The predicted octanol–water partition coefficient (Wildman–Crippen LogP) is 3.98. The molecule has 2 heterocycles. The molecule has 5 rings (SSSR count). The van der Waals surface area contributed by atoms with Crippen molar-refractivity contribution >= 4 is 40.4 Å². The third-order valence-electron chi connectivity index (χ3n) is 6.35. The number of fused-ring (bicyclic) bond motifs is 2. The van der Waals surface area contributed by atoms with Gasteiger partial charge < -0.3 is 10.6 Å². The molecule has 0 unspecified atom stereocenters. The first-order valence-corrected chi connectivity index (χ1v) is 11.3. The van der Waals surface area contributed by atoms with E-state index in [1.54, 1.807) is 17.0 Å². The summed E-state index contributed by atoms with van der Waals surface area (Å²) in [6, 6.07) is 13.3. The average molecular weight is 434 g/mol. The molecule has 2 amide bonds. The van der Waals surface area contributed by atoms with Crippen molar-refractivity contribution in [2.45, 2.75) is 32.2 Å². The van der Waals surface area contributed by atoms with Crippen molar-refractivity contribution < 1.29 is 9.59 Å². The zero-order chi connectivity index (χ0) is 21.5. The number of hydrogen-bond donors (Lipinski definition) is 1. The van der Waals surface area contributed by atoms with Gasteiger partial charge in [-0.2, -0.15) is 0 Å². The second-order valence-electron chi connectivity index (χ2n) is 7.97. The Kier molecular flexibility index (Phi) is 4.94. The van der Waals surface area contributed by atoms with Crippen LogP contribution in [-0.2, 0) is 4.79 Å². The molecule has 0 bridgehead atoms. The first kappa shape index (κ1) is 19.7. The first-order valence-electron chi connectivity index (χ1n) is 10.5. The lowest BCUT2D eigenvalue weighted by Gasteiger charge is -2.31. The van der Waals surface area contributed by atoms with Gasteiger partial charge in [0.1, 0.15) is 5.69 Å². The number of benzene rings is 2. The summed E-state index contributed by atoms with van der Waals surface area (Å²) in [5.74, 6) is -0.509. The molecule has 8 heteroatoms. The lowest BCUT2D eigenvalue weighted by atomic mass is 10.0. The fourth-order valence-electron chi connectivity index (χ4n) is 4.91. The van der Waals surface area contributed by atoms with Crippen LogP contribution in [-0.4, -0.2) is 34.0 Å². The monoisotopic (exact) mass is 433 g/mol. The quantitative estimate of drug-likeness (QED) is 0.672. The van der Waals surface area contributed by atoms with Crippen molar-refractivity contribution in [3.05, 3.63) is 53.4 Å². The summed E-state index contributed by atoms with van der Waals surface area (Å²) in [5.41, 5.74) is 10.2. The molecule has 2 aromatic carbocycles. The second kappa shape index (κ2) is 7.77. The highest BCUT2D eigenvalue weighted by atomic mass is 32.1. The summed E-state index contributed by atoms with van der Waals surface area (Å²) >= 11 is 1.30. The molecule has 158 valence electrons. The first-order chi connectivity index (χ1) is 15.1. The molecule has 31 heavy (non-hydrogen) atoms. The van der Waals surface area contributed by atoms with Crippen molar-refractivity contribution in [2.75, 3.05) is 16.3 Å². The lowest BCUT2D eigenvalue weighted by molar-refractivity contribution is -0.121. The van der Waals surface area contributed by atoms with Gasteiger partial charge in [0.2, 0.25) is 11.8 Å². The maximum atomic E-state index is 13.8. The molecule has 0 radical (unpaired) electrons. The van der Waals surface area contributed by atoms with E-state index in [2.05, 4.69) is 21.4 Å². The normalized spacial score (nSPS) is 20.4. The molecule has 1 aliphatic carbocycles. The Morgan fingerprint density at radius 1 is 1.16 bits per heavy atom. The van der Waals surface area contributed by atoms with E-state index in [4.69, 9.17) is 5.73 Å². The minimum atomic E-state index is -0.505. The van der Waals surface area contributed by atoms with Crippen LogP contribution in [0.4, 0.5) is 17.1 Å². The van der Waals surface area contributed by atoms with E-state index in [0.717, 1.165) is 48.4 Å². The molecule has 1 saturated carbocycles. The van der Waals surface area contributed by atoms with Crippen LogP contribution in [0.3, 0.4) is 0 Å². The predicted molar refractivity (Wildman–Crippen MR) is 122 cm³/mol. The summed E-state index contributed by atoms with van der Waals surface area (Å²) in [6.45, 7) is 2.90. The van der Waals surface area contributed by atoms with E-state index in [1.165, 1.54) is 11.5 Å². The number of aromatic nitrogens is 2. The number of primary amides is 1. The Balaban J connectivity index is 1.66. The van der Waals surface area contributed by atoms with Gasteiger partial charge in [0.15, 0.2) is 0 Å². The van der Waals surface area contributed by atoms with Gasteiger partial charge >= 0.3 is 0 Å². The third kappa shape index (κ3) is 3.27. The Morgan fingerprint density at radius 3 is 2.65 bits per heavy atom. The van der Waals surface area contributed by atoms with Crippen LogP contribution in [0.1, 0.15) is 36.5 Å². The van der Waals surface area contributed by atoms with Gasteiger partial charge in [0.25, 0.3) is 0 Å². The van der Waals surface area contributed by atoms with Gasteiger partial charge in [0, 0.05) is 34.8 Å². The van der Waals surface area contributed by atoms with Crippen LogP contribution in [0, 0.1) is 5.92 Å². The van der Waals surface area contributed by atoms with Crippen molar-refractivity contribution in [1.82, 2.24) is 9.59 Å². The second-order valence-corrected chi connectivity index (χ2v) is 8.58. The molecule has 2 atom stereocenters. The molecule has 1 fully saturated rings. The van der Waals surface area contributed by atoms with E-state index in [-0.39, 0.29) is 17.9 Å². The van der Waals surface area contributed by atoms with Gasteiger partial charge in [-0.15, -0.1) is 5.10 Å². The van der Waals surface area contributed by atoms with Crippen molar-refractivity contribution in [2.24, 2.45) is 11.7 Å². The van der Waals surface area contributed by atoms with Crippen LogP contribution in [0.25, 0.3) is 11.3 Å². The Bertz CT molecular complexity index is 1130. The molecular weight excluding hydrogens is 410 g/mol. The van der Waals surface area contributed by atoms with E-state index < -0.39 is 5.91 Å². The minimum absolute atomic E-state index is 0.0735. The summed E-state index contributed by atoms with van der Waals surface area (Å²) < 4.78 is 3.92. The van der Waals surface area contributed by atoms with Gasteiger partial charge in [-0.25, -0.2) is 0 Å². The fraction of sp³-hybridized carbons (Fsp3) is 0.304. The zero-order valence-electron chi connectivity index (χ0n) is 17.2. The highest BCUT2D eigenvalue weighted by Crippen LogP contribution is 2.45. The van der Waals surface area contributed by atoms with Crippen LogP contribution in [0.2, 0.25) is 0 Å². The molecule has 0 spiro atoms. The number of nitrogens with zero attached hydrogens (tertiary/aromatic N) is 4. The summed E-state index contributed by atoms with van der Waals surface area (Å²) in [4.78, 5) is 29.8. The SMILES string of the molecule is CCN1c2ccc(C(N)=O)cc2N(c2ccc(-c3csnn3)cc2)C(=O)[C@@H]2CCC[C@@H]21. The Labute approximate surface area is 184 Å².